The lowest BCUT2D eigenvalue weighted by molar-refractivity contribution is 0.131. The highest BCUT2D eigenvalue weighted by Crippen LogP contribution is 2.32. The highest BCUT2D eigenvalue weighted by molar-refractivity contribution is 7.97. The molecule has 0 bridgehead atoms. The predicted octanol–water partition coefficient (Wildman–Crippen LogP) is 6.60. The van der Waals surface area contributed by atoms with E-state index in [0.29, 0.717) is 0 Å². The van der Waals surface area contributed by atoms with Crippen LogP contribution in [0.5, 0.6) is 5.75 Å². The van der Waals surface area contributed by atoms with Crippen molar-refractivity contribution in [2.24, 2.45) is 0 Å². The minimum atomic E-state index is -0.179. The summed E-state index contributed by atoms with van der Waals surface area (Å²) in [6.45, 7) is 6.21. The number of rotatable bonds is 4. The molecule has 0 saturated carbocycles. The topological polar surface area (TPSA) is 9.23 Å². The SMILES string of the molecule is C.CC(C)(C)Oc1ccc([S+](c2ccccc2)c2ccccc2)cc1. The summed E-state index contributed by atoms with van der Waals surface area (Å²) in [5.41, 5.74) is -0.179. The first kappa shape index (κ1) is 19.1. The van der Waals surface area contributed by atoms with E-state index in [0.717, 1.165) is 5.75 Å². The summed E-state index contributed by atoms with van der Waals surface area (Å²) in [5.74, 6) is 0.913. The Morgan fingerprint density at radius 2 is 1.00 bits per heavy atom. The molecule has 0 fully saturated rings. The molecule has 1 nitrogen and oxygen atoms in total. The van der Waals surface area contributed by atoms with Crippen molar-refractivity contribution in [1.82, 2.24) is 0 Å². The van der Waals surface area contributed by atoms with Gasteiger partial charge in [-0.3, -0.25) is 0 Å². The smallest absolute Gasteiger partial charge is 0.166 e. The van der Waals surface area contributed by atoms with Gasteiger partial charge in [0, 0.05) is 0 Å². The summed E-state index contributed by atoms with van der Waals surface area (Å²) in [6, 6.07) is 29.9. The molecule has 2 heteroatoms. The Labute approximate surface area is 155 Å². The Balaban J connectivity index is 0.00000225. The molecule has 0 aliphatic rings. The van der Waals surface area contributed by atoms with Gasteiger partial charge in [-0.1, -0.05) is 43.8 Å². The average molecular weight is 352 g/mol. The van der Waals surface area contributed by atoms with E-state index in [1.807, 2.05) is 0 Å². The van der Waals surface area contributed by atoms with Crippen LogP contribution in [0, 0.1) is 0 Å². The van der Waals surface area contributed by atoms with Crippen molar-refractivity contribution in [3.8, 4) is 5.75 Å². The summed E-state index contributed by atoms with van der Waals surface area (Å²) < 4.78 is 5.95. The molecule has 0 radical (unpaired) electrons. The van der Waals surface area contributed by atoms with Crippen molar-refractivity contribution >= 4 is 10.9 Å². The summed E-state index contributed by atoms with van der Waals surface area (Å²) in [5, 5.41) is 0. The molecule has 0 aromatic heterocycles. The molecular weight excluding hydrogens is 324 g/mol. The Morgan fingerprint density at radius 1 is 0.600 bits per heavy atom. The van der Waals surface area contributed by atoms with Crippen molar-refractivity contribution in [3.05, 3.63) is 84.9 Å². The Bertz CT molecular complexity index is 719. The van der Waals surface area contributed by atoms with Gasteiger partial charge < -0.3 is 4.74 Å². The Morgan fingerprint density at radius 3 is 1.40 bits per heavy atom. The second-order valence-electron chi connectivity index (χ2n) is 6.62. The molecule has 0 saturated heterocycles. The third-order valence-corrected chi connectivity index (χ3v) is 5.67. The third kappa shape index (κ3) is 5.14. The fourth-order valence-corrected chi connectivity index (χ4v) is 4.60. The molecule has 0 aliphatic carbocycles. The van der Waals surface area contributed by atoms with Crippen molar-refractivity contribution in [2.45, 2.75) is 48.5 Å². The Kier molecular flexibility index (Phi) is 6.33. The highest BCUT2D eigenvalue weighted by atomic mass is 32.2. The minimum Gasteiger partial charge on any atom is -0.488 e. The van der Waals surface area contributed by atoms with Crippen LogP contribution in [0.15, 0.2) is 99.6 Å². The van der Waals surface area contributed by atoms with Gasteiger partial charge in [0.25, 0.3) is 0 Å². The lowest BCUT2D eigenvalue weighted by Gasteiger charge is -2.21. The van der Waals surface area contributed by atoms with Crippen LogP contribution in [0.4, 0.5) is 0 Å². The molecule has 0 heterocycles. The largest absolute Gasteiger partial charge is 0.488 e. The third-order valence-electron chi connectivity index (χ3n) is 3.44. The van der Waals surface area contributed by atoms with E-state index in [-0.39, 0.29) is 23.9 Å². The monoisotopic (exact) mass is 351 g/mol. The zero-order chi connectivity index (χ0) is 17.0. The van der Waals surface area contributed by atoms with Crippen molar-refractivity contribution in [1.29, 1.82) is 0 Å². The van der Waals surface area contributed by atoms with Crippen molar-refractivity contribution in [2.75, 3.05) is 0 Å². The molecule has 0 N–H and O–H groups in total. The van der Waals surface area contributed by atoms with Gasteiger partial charge in [0.15, 0.2) is 14.7 Å². The molecule has 0 aliphatic heterocycles. The van der Waals surface area contributed by atoms with E-state index in [4.69, 9.17) is 4.74 Å². The maximum Gasteiger partial charge on any atom is 0.166 e. The van der Waals surface area contributed by atoms with Gasteiger partial charge in [-0.15, -0.1) is 0 Å². The van der Waals surface area contributed by atoms with Crippen LogP contribution in [-0.4, -0.2) is 5.60 Å². The van der Waals surface area contributed by atoms with Crippen molar-refractivity contribution < 1.29 is 4.74 Å². The molecule has 0 spiro atoms. The fourth-order valence-electron chi connectivity index (χ4n) is 2.52. The van der Waals surface area contributed by atoms with Crippen molar-refractivity contribution in [3.63, 3.8) is 0 Å². The summed E-state index contributed by atoms with van der Waals surface area (Å²) in [6.07, 6.45) is 0. The zero-order valence-corrected chi connectivity index (χ0v) is 15.2. The van der Waals surface area contributed by atoms with Gasteiger partial charge in [0.2, 0.25) is 0 Å². The van der Waals surface area contributed by atoms with Crippen LogP contribution in [0.25, 0.3) is 0 Å². The van der Waals surface area contributed by atoms with E-state index in [1.165, 1.54) is 14.7 Å². The predicted molar refractivity (Wildman–Crippen MR) is 109 cm³/mol. The van der Waals surface area contributed by atoms with Gasteiger partial charge in [0.1, 0.15) is 11.4 Å². The summed E-state index contributed by atoms with van der Waals surface area (Å²) in [7, 11) is -0.102. The number of hydrogen-bond acceptors (Lipinski definition) is 1. The Hall–Kier alpha value is -2.19. The second kappa shape index (κ2) is 8.26. The van der Waals surface area contributed by atoms with Gasteiger partial charge in [-0.2, -0.15) is 0 Å². The van der Waals surface area contributed by atoms with Gasteiger partial charge in [-0.05, 0) is 69.3 Å². The standard InChI is InChI=1S/C22H23OS.CH4/c1-22(2,3)23-18-14-16-21(17-15-18)24(19-10-6-4-7-11-19)20-12-8-5-9-13-20;/h4-17H,1-3H3;1H4/q+1;. The number of benzene rings is 3. The maximum atomic E-state index is 5.95. The first-order valence-corrected chi connectivity index (χ1v) is 9.39. The normalized spacial score (nSPS) is 11.0. The number of ether oxygens (including phenoxy) is 1. The molecule has 0 amide bonds. The molecule has 130 valence electrons. The first-order chi connectivity index (χ1) is 11.5. The molecule has 25 heavy (non-hydrogen) atoms. The summed E-state index contributed by atoms with van der Waals surface area (Å²) in [4.78, 5) is 3.95. The fraction of sp³-hybridized carbons (Fsp3) is 0.217. The zero-order valence-electron chi connectivity index (χ0n) is 14.4. The summed E-state index contributed by atoms with van der Waals surface area (Å²) >= 11 is 0. The highest BCUT2D eigenvalue weighted by Gasteiger charge is 2.28. The van der Waals surface area contributed by atoms with Crippen LogP contribution < -0.4 is 4.74 Å². The van der Waals surface area contributed by atoms with Gasteiger partial charge in [0.05, 0.1) is 10.9 Å². The van der Waals surface area contributed by atoms with E-state index in [2.05, 4.69) is 106 Å². The molecule has 3 aromatic rings. The second-order valence-corrected chi connectivity index (χ2v) is 8.64. The lowest BCUT2D eigenvalue weighted by atomic mass is 10.2. The quantitative estimate of drug-likeness (QED) is 0.481. The van der Waals surface area contributed by atoms with Crippen LogP contribution >= 0.6 is 0 Å². The van der Waals surface area contributed by atoms with Crippen LogP contribution in [0.2, 0.25) is 0 Å². The minimum absolute atomic E-state index is 0. The van der Waals surface area contributed by atoms with E-state index in [1.54, 1.807) is 0 Å². The van der Waals surface area contributed by atoms with Crippen LogP contribution in [0.1, 0.15) is 28.2 Å². The van der Waals surface area contributed by atoms with E-state index < -0.39 is 0 Å². The van der Waals surface area contributed by atoms with Gasteiger partial charge in [-0.25, -0.2) is 0 Å². The lowest BCUT2D eigenvalue weighted by Crippen LogP contribution is -2.22. The maximum absolute atomic E-state index is 5.95. The van der Waals surface area contributed by atoms with E-state index in [9.17, 15) is 0 Å². The van der Waals surface area contributed by atoms with Gasteiger partial charge >= 0.3 is 0 Å². The molecule has 3 aromatic carbocycles. The molecule has 0 atom stereocenters. The molecular formula is C23H27OS+. The first-order valence-electron chi connectivity index (χ1n) is 8.16. The van der Waals surface area contributed by atoms with Crippen LogP contribution in [0.3, 0.4) is 0 Å². The molecule has 3 rings (SSSR count). The molecule has 0 unspecified atom stereocenters. The van der Waals surface area contributed by atoms with Crippen LogP contribution in [-0.2, 0) is 10.9 Å². The number of hydrogen-bond donors (Lipinski definition) is 0. The van der Waals surface area contributed by atoms with E-state index >= 15 is 0 Å². The average Bonchev–Trinajstić information content (AvgIpc) is 2.57.